The highest BCUT2D eigenvalue weighted by atomic mass is 32.1. The maximum Gasteiger partial charge on any atom is 0.445 e. The van der Waals surface area contributed by atoms with Crippen molar-refractivity contribution in [1.29, 1.82) is 5.41 Å². The van der Waals surface area contributed by atoms with E-state index in [1.807, 2.05) is 0 Å². The van der Waals surface area contributed by atoms with Gasteiger partial charge in [0.2, 0.25) is 10.1 Å². The minimum absolute atomic E-state index is 0.0209. The Bertz CT molecular complexity index is 374. The van der Waals surface area contributed by atoms with Crippen molar-refractivity contribution >= 4 is 22.3 Å². The Labute approximate surface area is 93.6 Å². The molecule has 1 aromatic heterocycles. The molecule has 0 radical (unpaired) electrons. The van der Waals surface area contributed by atoms with Crippen LogP contribution in [0.25, 0.3) is 0 Å². The lowest BCUT2D eigenvalue weighted by atomic mass is 10.4. The smallest absolute Gasteiger partial charge is 0.388 e. The molecule has 0 spiro atoms. The molecule has 0 aromatic carbocycles. The average Bonchev–Trinajstić information content (AvgIpc) is 2.61. The van der Waals surface area contributed by atoms with Crippen LogP contribution in [0.4, 0.5) is 18.3 Å². The number of nitrogens with two attached hydrogens (primary N) is 1. The van der Waals surface area contributed by atoms with E-state index in [9.17, 15) is 13.2 Å². The summed E-state index contributed by atoms with van der Waals surface area (Å²) in [5.74, 6) is -0.0209. The molecule has 90 valence electrons. The number of rotatable bonds is 4. The van der Waals surface area contributed by atoms with Gasteiger partial charge in [-0.05, 0) is 0 Å². The van der Waals surface area contributed by atoms with E-state index in [4.69, 9.17) is 11.1 Å². The molecule has 1 rings (SSSR count). The quantitative estimate of drug-likeness (QED) is 0.626. The largest absolute Gasteiger partial charge is 0.445 e. The summed E-state index contributed by atoms with van der Waals surface area (Å²) >= 11 is 0.467. The van der Waals surface area contributed by atoms with Gasteiger partial charge in [-0.3, -0.25) is 5.41 Å². The molecule has 0 unspecified atom stereocenters. The third-order valence-corrected chi connectivity index (χ3v) is 2.78. The number of nitrogens with one attached hydrogen (secondary N) is 1. The lowest BCUT2D eigenvalue weighted by Gasteiger charge is -2.13. The van der Waals surface area contributed by atoms with Gasteiger partial charge in [-0.15, -0.1) is 10.2 Å². The summed E-state index contributed by atoms with van der Waals surface area (Å²) in [6.07, 6.45) is -4.19. The van der Waals surface area contributed by atoms with Crippen LogP contribution in [-0.2, 0) is 6.18 Å². The molecule has 0 saturated carbocycles. The second-order valence-corrected chi connectivity index (χ2v) is 4.04. The second-order valence-electron chi connectivity index (χ2n) is 3.08. The van der Waals surface area contributed by atoms with Gasteiger partial charge in [-0.25, -0.2) is 0 Å². The van der Waals surface area contributed by atoms with Gasteiger partial charge in [-0.2, -0.15) is 13.2 Å². The summed E-state index contributed by atoms with van der Waals surface area (Å²) in [5, 5.41) is 12.7. The monoisotopic (exact) mass is 253 g/mol. The maximum atomic E-state index is 12.2. The Hall–Kier alpha value is -1.38. The SMILES string of the molecule is CN(CCC(=N)N)c1nnc(C(F)(F)F)s1. The fourth-order valence-electron chi connectivity index (χ4n) is 0.868. The van der Waals surface area contributed by atoms with E-state index in [2.05, 4.69) is 10.2 Å². The number of halogens is 3. The first-order valence-electron chi connectivity index (χ1n) is 4.25. The zero-order valence-electron chi connectivity index (χ0n) is 8.38. The van der Waals surface area contributed by atoms with E-state index >= 15 is 0 Å². The molecule has 0 atom stereocenters. The summed E-state index contributed by atoms with van der Waals surface area (Å²) in [6, 6.07) is 0. The van der Waals surface area contributed by atoms with E-state index in [-0.39, 0.29) is 17.4 Å². The first kappa shape index (κ1) is 12.7. The Balaban J connectivity index is 2.67. The van der Waals surface area contributed by atoms with Gasteiger partial charge in [0.05, 0.1) is 5.84 Å². The van der Waals surface area contributed by atoms with E-state index in [1.54, 1.807) is 7.05 Å². The number of hydrogen-bond donors (Lipinski definition) is 2. The van der Waals surface area contributed by atoms with E-state index < -0.39 is 11.2 Å². The van der Waals surface area contributed by atoms with Crippen LogP contribution in [-0.4, -0.2) is 29.6 Å². The van der Waals surface area contributed by atoms with Gasteiger partial charge in [0.25, 0.3) is 0 Å². The fourth-order valence-corrected chi connectivity index (χ4v) is 1.57. The van der Waals surface area contributed by atoms with Crippen LogP contribution in [0.1, 0.15) is 11.4 Å². The number of nitrogens with zero attached hydrogens (tertiary/aromatic N) is 3. The number of amidine groups is 1. The van der Waals surface area contributed by atoms with Crippen molar-refractivity contribution in [3.63, 3.8) is 0 Å². The summed E-state index contributed by atoms with van der Waals surface area (Å²) in [7, 11) is 1.57. The fraction of sp³-hybridized carbons (Fsp3) is 0.571. The van der Waals surface area contributed by atoms with Gasteiger partial charge in [0, 0.05) is 20.0 Å². The first-order valence-corrected chi connectivity index (χ1v) is 5.07. The van der Waals surface area contributed by atoms with Crippen molar-refractivity contribution in [2.75, 3.05) is 18.5 Å². The number of alkyl halides is 3. The van der Waals surface area contributed by atoms with Crippen LogP contribution in [0.5, 0.6) is 0 Å². The molecule has 5 nitrogen and oxygen atoms in total. The number of hydrogen-bond acceptors (Lipinski definition) is 5. The molecule has 0 aliphatic carbocycles. The molecule has 0 fully saturated rings. The van der Waals surface area contributed by atoms with Crippen LogP contribution in [0.15, 0.2) is 0 Å². The first-order chi connectivity index (χ1) is 7.30. The van der Waals surface area contributed by atoms with E-state index in [0.29, 0.717) is 17.9 Å². The highest BCUT2D eigenvalue weighted by Gasteiger charge is 2.35. The number of anilines is 1. The van der Waals surface area contributed by atoms with Gasteiger partial charge in [-0.1, -0.05) is 11.3 Å². The van der Waals surface area contributed by atoms with Crippen LogP contribution >= 0.6 is 11.3 Å². The summed E-state index contributed by atoms with van der Waals surface area (Å²) < 4.78 is 36.6. The van der Waals surface area contributed by atoms with E-state index in [0.717, 1.165) is 0 Å². The molecular formula is C7H10F3N5S. The minimum Gasteiger partial charge on any atom is -0.388 e. The lowest BCUT2D eigenvalue weighted by Crippen LogP contribution is -2.23. The normalized spacial score (nSPS) is 11.5. The molecule has 0 aliphatic heterocycles. The predicted molar refractivity (Wildman–Crippen MR) is 54.7 cm³/mol. The molecule has 0 aliphatic rings. The predicted octanol–water partition coefficient (Wildman–Crippen LogP) is 1.32. The van der Waals surface area contributed by atoms with Crippen molar-refractivity contribution < 1.29 is 13.2 Å². The Kier molecular flexibility index (Phi) is 3.68. The molecular weight excluding hydrogens is 243 g/mol. The summed E-state index contributed by atoms with van der Waals surface area (Å²) in [5.41, 5.74) is 5.14. The number of aromatic nitrogens is 2. The molecule has 9 heteroatoms. The highest BCUT2D eigenvalue weighted by molar-refractivity contribution is 7.15. The maximum absolute atomic E-state index is 12.2. The molecule has 0 bridgehead atoms. The second kappa shape index (κ2) is 4.64. The van der Waals surface area contributed by atoms with Gasteiger partial charge >= 0.3 is 6.18 Å². The Morgan fingerprint density at radius 3 is 2.56 bits per heavy atom. The third kappa shape index (κ3) is 3.33. The summed E-state index contributed by atoms with van der Waals surface area (Å²) in [6.45, 7) is 0.335. The molecule has 0 amide bonds. The van der Waals surface area contributed by atoms with Crippen LogP contribution in [0, 0.1) is 5.41 Å². The highest BCUT2D eigenvalue weighted by Crippen LogP contribution is 2.33. The molecule has 3 N–H and O–H groups in total. The van der Waals surface area contributed by atoms with Crippen molar-refractivity contribution in [2.24, 2.45) is 5.73 Å². The summed E-state index contributed by atoms with van der Waals surface area (Å²) in [4.78, 5) is 1.48. The minimum atomic E-state index is -4.46. The standard InChI is InChI=1S/C7H10F3N5S/c1-15(3-2-4(11)12)6-14-13-5(16-6)7(8,9)10/h2-3H2,1H3,(H3,11,12). The van der Waals surface area contributed by atoms with E-state index in [1.165, 1.54) is 4.90 Å². The molecule has 1 aromatic rings. The molecule has 1 heterocycles. The van der Waals surface area contributed by atoms with Crippen LogP contribution in [0.2, 0.25) is 0 Å². The zero-order chi connectivity index (χ0) is 12.3. The van der Waals surface area contributed by atoms with Crippen LogP contribution < -0.4 is 10.6 Å². The molecule has 16 heavy (non-hydrogen) atoms. The Morgan fingerprint density at radius 1 is 1.50 bits per heavy atom. The topological polar surface area (TPSA) is 78.9 Å². The average molecular weight is 253 g/mol. The molecule has 0 saturated heterocycles. The van der Waals surface area contributed by atoms with Crippen molar-refractivity contribution in [3.8, 4) is 0 Å². The van der Waals surface area contributed by atoms with Crippen LogP contribution in [0.3, 0.4) is 0 Å². The lowest BCUT2D eigenvalue weighted by molar-refractivity contribution is -0.138. The van der Waals surface area contributed by atoms with Crippen molar-refractivity contribution in [3.05, 3.63) is 5.01 Å². The zero-order valence-corrected chi connectivity index (χ0v) is 9.19. The van der Waals surface area contributed by atoms with Gasteiger partial charge in [0.1, 0.15) is 0 Å². The third-order valence-electron chi connectivity index (χ3n) is 1.70. The van der Waals surface area contributed by atoms with Crippen molar-refractivity contribution in [2.45, 2.75) is 12.6 Å². The van der Waals surface area contributed by atoms with Gasteiger partial charge in [0.15, 0.2) is 0 Å². The van der Waals surface area contributed by atoms with Crippen molar-refractivity contribution in [1.82, 2.24) is 10.2 Å². The van der Waals surface area contributed by atoms with Gasteiger partial charge < -0.3 is 10.6 Å². The Morgan fingerprint density at radius 2 is 2.12 bits per heavy atom.